The maximum Gasteiger partial charge on any atom is 0.257 e. The van der Waals surface area contributed by atoms with Crippen LogP contribution in [0.1, 0.15) is 33.6 Å². The third kappa shape index (κ3) is 5.21. The molecule has 1 aromatic rings. The van der Waals surface area contributed by atoms with Crippen LogP contribution in [0.2, 0.25) is 0 Å². The van der Waals surface area contributed by atoms with Crippen molar-refractivity contribution in [1.82, 2.24) is 10.2 Å². The van der Waals surface area contributed by atoms with Crippen LogP contribution in [0.25, 0.3) is 0 Å². The molecule has 2 rings (SSSR count). The van der Waals surface area contributed by atoms with E-state index in [1.54, 1.807) is 29.2 Å². The van der Waals surface area contributed by atoms with Crippen LogP contribution in [0.5, 0.6) is 5.75 Å². The molecule has 1 saturated heterocycles. The van der Waals surface area contributed by atoms with Gasteiger partial charge in [0.1, 0.15) is 11.8 Å². The molecule has 1 heterocycles. The Hall–Kier alpha value is -2.57. The van der Waals surface area contributed by atoms with E-state index in [1.807, 2.05) is 20.8 Å². The number of likely N-dealkylation sites (tertiary alicyclic amines) is 1. The van der Waals surface area contributed by atoms with Gasteiger partial charge in [-0.15, -0.1) is 0 Å². The minimum absolute atomic E-state index is 0.00155. The van der Waals surface area contributed by atoms with E-state index in [1.165, 1.54) is 0 Å². The van der Waals surface area contributed by atoms with E-state index >= 15 is 0 Å². The van der Waals surface area contributed by atoms with Crippen LogP contribution in [0.4, 0.5) is 5.69 Å². The molecule has 0 bridgehead atoms. The molecule has 7 heteroatoms. The van der Waals surface area contributed by atoms with Gasteiger partial charge in [0.25, 0.3) is 5.91 Å². The Balaban J connectivity index is 1.97. The number of carbonyl (C=O) groups excluding carboxylic acids is 3. The molecule has 1 aromatic carbocycles. The lowest BCUT2D eigenvalue weighted by Crippen LogP contribution is -2.44. The summed E-state index contributed by atoms with van der Waals surface area (Å²) in [5.74, 6) is -0.0280. The van der Waals surface area contributed by atoms with E-state index in [0.29, 0.717) is 30.9 Å². The molecule has 0 radical (unpaired) electrons. The molecule has 7 nitrogen and oxygen atoms in total. The Morgan fingerprint density at radius 3 is 2.77 bits per heavy atom. The third-order valence-electron chi connectivity index (χ3n) is 4.18. The van der Waals surface area contributed by atoms with Gasteiger partial charge in [0.15, 0.2) is 6.61 Å². The molecule has 1 fully saturated rings. The zero-order valence-corrected chi connectivity index (χ0v) is 15.6. The summed E-state index contributed by atoms with van der Waals surface area (Å²) < 4.78 is 5.43. The second-order valence-corrected chi connectivity index (χ2v) is 6.60. The second kappa shape index (κ2) is 9.22. The maximum atomic E-state index is 12.6. The fraction of sp³-hybridized carbons (Fsp3) is 0.526. The fourth-order valence-corrected chi connectivity index (χ4v) is 2.92. The Labute approximate surface area is 154 Å². The minimum Gasteiger partial charge on any atom is -0.484 e. The van der Waals surface area contributed by atoms with Crippen LogP contribution < -0.4 is 15.4 Å². The van der Waals surface area contributed by atoms with Gasteiger partial charge in [-0.05, 0) is 31.9 Å². The Bertz CT molecular complexity index is 660. The number of carbonyl (C=O) groups is 3. The lowest BCUT2D eigenvalue weighted by molar-refractivity contribution is -0.139. The summed E-state index contributed by atoms with van der Waals surface area (Å²) in [4.78, 5) is 38.0. The highest BCUT2D eigenvalue weighted by Gasteiger charge is 2.34. The fourth-order valence-electron chi connectivity index (χ4n) is 2.92. The molecule has 0 aliphatic carbocycles. The number of likely N-dealkylation sites (N-methyl/N-ethyl adjacent to an activating group) is 1. The number of anilines is 1. The van der Waals surface area contributed by atoms with Crippen molar-refractivity contribution in [2.24, 2.45) is 5.92 Å². The molecular weight excluding hydrogens is 334 g/mol. The maximum absolute atomic E-state index is 12.6. The lowest BCUT2D eigenvalue weighted by atomic mass is 10.1. The van der Waals surface area contributed by atoms with Gasteiger partial charge in [0.2, 0.25) is 11.8 Å². The predicted octanol–water partition coefficient (Wildman–Crippen LogP) is 1.79. The number of amides is 3. The number of hydrogen-bond acceptors (Lipinski definition) is 4. The normalized spacial score (nSPS) is 16.5. The summed E-state index contributed by atoms with van der Waals surface area (Å²) in [5.41, 5.74) is 0.576. The van der Waals surface area contributed by atoms with Gasteiger partial charge >= 0.3 is 0 Å². The number of ether oxygens (including phenoxy) is 1. The molecule has 0 saturated carbocycles. The van der Waals surface area contributed by atoms with E-state index in [0.717, 1.165) is 6.42 Å². The van der Waals surface area contributed by atoms with Crippen LogP contribution in [0.15, 0.2) is 24.3 Å². The highest BCUT2D eigenvalue weighted by atomic mass is 16.5. The summed E-state index contributed by atoms with van der Waals surface area (Å²) in [6.07, 6.45) is 1.49. The van der Waals surface area contributed by atoms with Crippen molar-refractivity contribution in [2.75, 3.05) is 25.0 Å². The summed E-state index contributed by atoms with van der Waals surface area (Å²) >= 11 is 0. The molecule has 142 valence electrons. The number of nitrogens with one attached hydrogen (secondary N) is 2. The standard InChI is InChI=1S/C19H27N3O4/c1-4-20-17(23)12-26-15-8-5-7-14(11-15)21-18(24)16-9-6-10-22(16)19(25)13(2)3/h5,7-8,11,13,16H,4,6,9-10,12H2,1-3H3,(H,20,23)(H,21,24). The van der Waals surface area contributed by atoms with Crippen molar-refractivity contribution in [1.29, 1.82) is 0 Å². The SMILES string of the molecule is CCNC(=O)COc1cccc(NC(=O)C2CCCN2C(=O)C(C)C)c1. The quantitative estimate of drug-likeness (QED) is 0.775. The average Bonchev–Trinajstić information content (AvgIpc) is 3.09. The topological polar surface area (TPSA) is 87.7 Å². The van der Waals surface area contributed by atoms with E-state index < -0.39 is 6.04 Å². The lowest BCUT2D eigenvalue weighted by Gasteiger charge is -2.25. The Morgan fingerprint density at radius 1 is 1.31 bits per heavy atom. The van der Waals surface area contributed by atoms with E-state index in [4.69, 9.17) is 4.74 Å². The molecule has 1 aliphatic heterocycles. The van der Waals surface area contributed by atoms with Crippen molar-refractivity contribution in [3.8, 4) is 5.75 Å². The molecule has 26 heavy (non-hydrogen) atoms. The highest BCUT2D eigenvalue weighted by Crippen LogP contribution is 2.23. The van der Waals surface area contributed by atoms with Crippen molar-refractivity contribution >= 4 is 23.4 Å². The highest BCUT2D eigenvalue weighted by molar-refractivity contribution is 5.97. The van der Waals surface area contributed by atoms with E-state index in [2.05, 4.69) is 10.6 Å². The van der Waals surface area contributed by atoms with Crippen LogP contribution >= 0.6 is 0 Å². The smallest absolute Gasteiger partial charge is 0.257 e. The van der Waals surface area contributed by atoms with Gasteiger partial charge in [0, 0.05) is 30.8 Å². The zero-order chi connectivity index (χ0) is 19.1. The van der Waals surface area contributed by atoms with Crippen molar-refractivity contribution in [3.63, 3.8) is 0 Å². The van der Waals surface area contributed by atoms with Crippen molar-refractivity contribution in [2.45, 2.75) is 39.7 Å². The molecule has 2 N–H and O–H groups in total. The summed E-state index contributed by atoms with van der Waals surface area (Å²) in [7, 11) is 0. The van der Waals surface area contributed by atoms with Crippen LogP contribution in [-0.4, -0.2) is 48.4 Å². The monoisotopic (exact) mass is 361 g/mol. The van der Waals surface area contributed by atoms with Gasteiger partial charge in [-0.3, -0.25) is 14.4 Å². The Morgan fingerprint density at radius 2 is 2.08 bits per heavy atom. The molecule has 0 aromatic heterocycles. The average molecular weight is 361 g/mol. The van der Waals surface area contributed by atoms with Crippen LogP contribution in [-0.2, 0) is 14.4 Å². The largest absolute Gasteiger partial charge is 0.484 e. The van der Waals surface area contributed by atoms with Crippen LogP contribution in [0.3, 0.4) is 0 Å². The third-order valence-corrected chi connectivity index (χ3v) is 4.18. The first-order valence-corrected chi connectivity index (χ1v) is 9.03. The zero-order valence-electron chi connectivity index (χ0n) is 15.6. The summed E-state index contributed by atoms with van der Waals surface area (Å²) in [6.45, 7) is 6.60. The van der Waals surface area contributed by atoms with Gasteiger partial charge in [-0.2, -0.15) is 0 Å². The van der Waals surface area contributed by atoms with Gasteiger partial charge in [0.05, 0.1) is 0 Å². The molecular formula is C19H27N3O4. The van der Waals surface area contributed by atoms with Gasteiger partial charge in [-0.1, -0.05) is 19.9 Å². The molecule has 1 atom stereocenters. The van der Waals surface area contributed by atoms with Gasteiger partial charge < -0.3 is 20.3 Å². The molecule has 1 unspecified atom stereocenters. The van der Waals surface area contributed by atoms with Crippen molar-refractivity contribution in [3.05, 3.63) is 24.3 Å². The summed E-state index contributed by atoms with van der Waals surface area (Å²) in [5, 5.41) is 5.50. The first-order chi connectivity index (χ1) is 12.4. The predicted molar refractivity (Wildman–Crippen MR) is 98.8 cm³/mol. The number of benzene rings is 1. The first-order valence-electron chi connectivity index (χ1n) is 9.03. The molecule has 3 amide bonds. The second-order valence-electron chi connectivity index (χ2n) is 6.60. The van der Waals surface area contributed by atoms with E-state index in [9.17, 15) is 14.4 Å². The number of nitrogens with zero attached hydrogens (tertiary/aromatic N) is 1. The number of hydrogen-bond donors (Lipinski definition) is 2. The minimum atomic E-state index is -0.440. The van der Waals surface area contributed by atoms with Crippen molar-refractivity contribution < 1.29 is 19.1 Å². The first kappa shape index (κ1) is 19.8. The summed E-state index contributed by atoms with van der Waals surface area (Å²) in [6, 6.07) is 6.44. The van der Waals surface area contributed by atoms with Gasteiger partial charge in [-0.25, -0.2) is 0 Å². The Kier molecular flexibility index (Phi) is 7.00. The number of rotatable bonds is 7. The molecule has 0 spiro atoms. The molecule has 1 aliphatic rings. The van der Waals surface area contributed by atoms with E-state index in [-0.39, 0.29) is 30.2 Å². The van der Waals surface area contributed by atoms with Crippen LogP contribution in [0, 0.1) is 5.92 Å².